The lowest BCUT2D eigenvalue weighted by Crippen LogP contribution is -2.47. The molecule has 0 bridgehead atoms. The van der Waals surface area contributed by atoms with E-state index in [1.54, 1.807) is 28.2 Å². The van der Waals surface area contributed by atoms with Crippen molar-refractivity contribution in [3.8, 4) is 0 Å². The molecule has 0 radical (unpaired) electrons. The molecule has 0 fully saturated rings. The van der Waals surface area contributed by atoms with Gasteiger partial charge in [-0.1, -0.05) is 0 Å². The highest BCUT2D eigenvalue weighted by Gasteiger charge is 2.30. The first-order valence-corrected chi connectivity index (χ1v) is 7.12. The molecule has 1 unspecified atom stereocenters. The van der Waals surface area contributed by atoms with E-state index in [0.717, 1.165) is 32.5 Å². The Balaban J connectivity index is 4.00. The molecule has 0 aliphatic heterocycles. The van der Waals surface area contributed by atoms with Crippen LogP contribution in [0.15, 0.2) is 0 Å². The van der Waals surface area contributed by atoms with Gasteiger partial charge in [0, 0.05) is 27.3 Å². The topological polar surface area (TPSA) is 71.0 Å². The summed E-state index contributed by atoms with van der Waals surface area (Å²) in [7, 11) is 5.08. The van der Waals surface area contributed by atoms with Gasteiger partial charge in [-0.05, 0) is 39.8 Å². The van der Waals surface area contributed by atoms with Crippen LogP contribution < -0.4 is 5.32 Å². The fourth-order valence-electron chi connectivity index (χ4n) is 1.93. The number of carboxylic acids is 1. The van der Waals surface area contributed by atoms with Crippen LogP contribution in [-0.2, 0) is 14.3 Å². The Kier molecular flexibility index (Phi) is 10.6. The van der Waals surface area contributed by atoms with Crippen LogP contribution in [0.1, 0.15) is 26.2 Å². The van der Waals surface area contributed by atoms with Crippen LogP contribution in [0.3, 0.4) is 0 Å². The van der Waals surface area contributed by atoms with Gasteiger partial charge in [-0.3, -0.25) is 9.69 Å². The molecule has 0 rings (SSSR count). The molecule has 6 nitrogen and oxygen atoms in total. The Morgan fingerprint density at radius 1 is 1.15 bits per heavy atom. The number of methoxy groups -OCH3 is 2. The van der Waals surface area contributed by atoms with E-state index in [4.69, 9.17) is 14.6 Å². The summed E-state index contributed by atoms with van der Waals surface area (Å²) < 4.78 is 10.2. The quantitative estimate of drug-likeness (QED) is 0.489. The Bertz CT molecular complexity index is 256. The zero-order valence-electron chi connectivity index (χ0n) is 13.3. The standard InChI is InChI=1S/C14H30N2O4/c1-14(15-2,13(17)18)7-5-6-8-16(9-11-19-3)10-12-20-4/h15H,5-12H2,1-4H3,(H,17,18). The number of nitrogens with zero attached hydrogens (tertiary/aromatic N) is 1. The van der Waals surface area contributed by atoms with Gasteiger partial charge in [0.05, 0.1) is 13.2 Å². The van der Waals surface area contributed by atoms with Crippen LogP contribution in [0, 0.1) is 0 Å². The van der Waals surface area contributed by atoms with E-state index >= 15 is 0 Å². The summed E-state index contributed by atoms with van der Waals surface area (Å²) in [4.78, 5) is 13.4. The van der Waals surface area contributed by atoms with E-state index in [2.05, 4.69) is 10.2 Å². The van der Waals surface area contributed by atoms with Gasteiger partial charge >= 0.3 is 5.97 Å². The van der Waals surface area contributed by atoms with Crippen LogP contribution in [0.25, 0.3) is 0 Å². The number of ether oxygens (including phenoxy) is 2. The number of carboxylic acid groups (broad SMARTS) is 1. The predicted octanol–water partition coefficient (Wildman–Crippen LogP) is 0.814. The fraction of sp³-hybridized carbons (Fsp3) is 0.929. The molecule has 0 spiro atoms. The number of rotatable bonds is 13. The molecule has 20 heavy (non-hydrogen) atoms. The molecule has 0 aliphatic rings. The third-order valence-corrected chi connectivity index (χ3v) is 3.65. The molecular formula is C14H30N2O4. The monoisotopic (exact) mass is 290 g/mol. The number of carbonyl (C=O) groups is 1. The van der Waals surface area contributed by atoms with Crippen LogP contribution in [-0.4, -0.2) is 75.6 Å². The Hall–Kier alpha value is -0.690. The summed E-state index contributed by atoms with van der Waals surface area (Å²) >= 11 is 0. The van der Waals surface area contributed by atoms with Crippen molar-refractivity contribution in [2.45, 2.75) is 31.7 Å². The van der Waals surface area contributed by atoms with Gasteiger partial charge in [-0.2, -0.15) is 0 Å². The molecule has 0 amide bonds. The van der Waals surface area contributed by atoms with E-state index in [9.17, 15) is 4.79 Å². The minimum atomic E-state index is -0.829. The number of hydrogen-bond acceptors (Lipinski definition) is 5. The maximum atomic E-state index is 11.2. The molecule has 6 heteroatoms. The van der Waals surface area contributed by atoms with E-state index < -0.39 is 11.5 Å². The Morgan fingerprint density at radius 3 is 2.10 bits per heavy atom. The van der Waals surface area contributed by atoms with Crippen molar-refractivity contribution in [1.29, 1.82) is 0 Å². The predicted molar refractivity (Wildman–Crippen MR) is 79.1 cm³/mol. The van der Waals surface area contributed by atoms with Gasteiger partial charge in [0.1, 0.15) is 5.54 Å². The molecule has 0 aromatic heterocycles. The minimum Gasteiger partial charge on any atom is -0.480 e. The third-order valence-electron chi connectivity index (χ3n) is 3.65. The molecular weight excluding hydrogens is 260 g/mol. The van der Waals surface area contributed by atoms with Crippen LogP contribution in [0.4, 0.5) is 0 Å². The van der Waals surface area contributed by atoms with Gasteiger partial charge in [-0.15, -0.1) is 0 Å². The van der Waals surface area contributed by atoms with E-state index in [-0.39, 0.29) is 0 Å². The lowest BCUT2D eigenvalue weighted by Gasteiger charge is -2.25. The SMILES string of the molecule is CNC(C)(CCCCN(CCOC)CCOC)C(=O)O. The smallest absolute Gasteiger partial charge is 0.323 e. The second-order valence-electron chi connectivity index (χ2n) is 5.17. The summed E-state index contributed by atoms with van der Waals surface area (Å²) in [6, 6.07) is 0. The maximum absolute atomic E-state index is 11.2. The average molecular weight is 290 g/mol. The number of aliphatic carboxylic acids is 1. The van der Waals surface area contributed by atoms with Gasteiger partial charge in [0.15, 0.2) is 0 Å². The number of likely N-dealkylation sites (N-methyl/N-ethyl adjacent to an activating group) is 1. The summed E-state index contributed by atoms with van der Waals surface area (Å²) in [6.45, 7) is 5.82. The van der Waals surface area contributed by atoms with E-state index in [0.29, 0.717) is 19.6 Å². The number of hydrogen-bond donors (Lipinski definition) is 2. The molecule has 2 N–H and O–H groups in total. The molecule has 0 aromatic rings. The van der Waals surface area contributed by atoms with E-state index in [1.165, 1.54) is 0 Å². The first-order valence-electron chi connectivity index (χ1n) is 7.12. The highest BCUT2D eigenvalue weighted by molar-refractivity contribution is 5.78. The van der Waals surface area contributed by atoms with Crippen molar-refractivity contribution in [2.75, 3.05) is 54.1 Å². The second kappa shape index (κ2) is 11.0. The summed E-state index contributed by atoms with van der Waals surface area (Å²) in [5.74, 6) is -0.796. The van der Waals surface area contributed by atoms with Crippen LogP contribution in [0.5, 0.6) is 0 Å². The Labute approximate surface area is 122 Å². The third kappa shape index (κ3) is 7.79. The second-order valence-corrected chi connectivity index (χ2v) is 5.17. The first kappa shape index (κ1) is 19.3. The minimum absolute atomic E-state index is 0.626. The normalized spacial score (nSPS) is 14.4. The number of unbranched alkanes of at least 4 members (excludes halogenated alkanes) is 1. The zero-order valence-corrected chi connectivity index (χ0v) is 13.3. The maximum Gasteiger partial charge on any atom is 0.323 e. The lowest BCUT2D eigenvalue weighted by molar-refractivity contribution is -0.144. The van der Waals surface area contributed by atoms with Crippen molar-refractivity contribution in [3.05, 3.63) is 0 Å². The van der Waals surface area contributed by atoms with E-state index in [1.807, 2.05) is 0 Å². The molecule has 0 saturated heterocycles. The molecule has 120 valence electrons. The largest absolute Gasteiger partial charge is 0.480 e. The van der Waals surface area contributed by atoms with Gasteiger partial charge < -0.3 is 19.9 Å². The molecule has 0 heterocycles. The molecule has 1 atom stereocenters. The highest BCUT2D eigenvalue weighted by atomic mass is 16.5. The average Bonchev–Trinajstić information content (AvgIpc) is 2.44. The lowest BCUT2D eigenvalue weighted by atomic mass is 9.95. The van der Waals surface area contributed by atoms with Crippen molar-refractivity contribution >= 4 is 5.97 Å². The molecule has 0 saturated carbocycles. The summed E-state index contributed by atoms with van der Waals surface area (Å²) in [5, 5.41) is 12.0. The summed E-state index contributed by atoms with van der Waals surface area (Å²) in [6.07, 6.45) is 2.47. The van der Waals surface area contributed by atoms with Gasteiger partial charge in [0.25, 0.3) is 0 Å². The van der Waals surface area contributed by atoms with Crippen molar-refractivity contribution in [2.24, 2.45) is 0 Å². The van der Waals surface area contributed by atoms with Crippen molar-refractivity contribution < 1.29 is 19.4 Å². The van der Waals surface area contributed by atoms with Crippen molar-refractivity contribution in [1.82, 2.24) is 10.2 Å². The van der Waals surface area contributed by atoms with Crippen LogP contribution >= 0.6 is 0 Å². The first-order chi connectivity index (χ1) is 9.50. The highest BCUT2D eigenvalue weighted by Crippen LogP contribution is 2.14. The fourth-order valence-corrected chi connectivity index (χ4v) is 1.93. The number of nitrogens with one attached hydrogen (secondary N) is 1. The summed E-state index contributed by atoms with van der Waals surface area (Å²) in [5.41, 5.74) is -0.829. The zero-order chi connectivity index (χ0) is 15.4. The Morgan fingerprint density at radius 2 is 1.70 bits per heavy atom. The van der Waals surface area contributed by atoms with Crippen molar-refractivity contribution in [3.63, 3.8) is 0 Å². The van der Waals surface area contributed by atoms with Gasteiger partial charge in [0.2, 0.25) is 0 Å². The molecule has 0 aromatic carbocycles. The molecule has 0 aliphatic carbocycles. The van der Waals surface area contributed by atoms with Gasteiger partial charge in [-0.25, -0.2) is 0 Å². The van der Waals surface area contributed by atoms with Crippen LogP contribution in [0.2, 0.25) is 0 Å².